The Kier molecular flexibility index (Phi) is 7.46. The van der Waals surface area contributed by atoms with Crippen molar-refractivity contribution >= 4 is 11.9 Å². The van der Waals surface area contributed by atoms with E-state index in [0.717, 1.165) is 31.5 Å². The molecule has 5 nitrogen and oxygen atoms in total. The highest BCUT2D eigenvalue weighted by molar-refractivity contribution is 5.86. The van der Waals surface area contributed by atoms with E-state index in [1.807, 2.05) is 30.3 Å². The first kappa shape index (κ1) is 17.2. The van der Waals surface area contributed by atoms with Crippen LogP contribution in [-0.2, 0) is 9.59 Å². The molecule has 0 bridgehead atoms. The molecule has 0 aromatic heterocycles. The topological polar surface area (TPSA) is 69.6 Å². The van der Waals surface area contributed by atoms with Crippen LogP contribution in [0, 0.1) is 0 Å². The minimum atomic E-state index is -1.03. The lowest BCUT2D eigenvalue weighted by Crippen LogP contribution is -2.42. The summed E-state index contributed by atoms with van der Waals surface area (Å²) in [6, 6.07) is 9.06. The van der Waals surface area contributed by atoms with Gasteiger partial charge in [0, 0.05) is 0 Å². The second kappa shape index (κ2) is 9.13. The van der Waals surface area contributed by atoms with Crippen LogP contribution in [0.5, 0.6) is 0 Å². The Morgan fingerprint density at radius 1 is 1.14 bits per heavy atom. The molecule has 0 saturated heterocycles. The second-order valence-corrected chi connectivity index (χ2v) is 4.96. The van der Waals surface area contributed by atoms with Crippen LogP contribution >= 0.6 is 0 Å². The largest absolute Gasteiger partial charge is 0.480 e. The minimum Gasteiger partial charge on any atom is -0.480 e. The van der Waals surface area contributed by atoms with Gasteiger partial charge < -0.3 is 10.4 Å². The Morgan fingerprint density at radius 3 is 2.19 bits per heavy atom. The number of hydrogen-bond donors (Lipinski definition) is 2. The number of carbonyl (C=O) groups excluding carboxylic acids is 1. The van der Waals surface area contributed by atoms with Gasteiger partial charge in [-0.2, -0.15) is 0 Å². The van der Waals surface area contributed by atoms with Crippen molar-refractivity contribution in [3.05, 3.63) is 35.9 Å². The van der Waals surface area contributed by atoms with Gasteiger partial charge in [0.05, 0.1) is 0 Å². The molecule has 0 fully saturated rings. The average molecular weight is 292 g/mol. The third-order valence-electron chi connectivity index (χ3n) is 3.16. The molecule has 0 aliphatic heterocycles. The van der Waals surface area contributed by atoms with Gasteiger partial charge in [-0.25, -0.2) is 0 Å². The van der Waals surface area contributed by atoms with Crippen LogP contribution in [0.3, 0.4) is 0 Å². The molecular weight excluding hydrogens is 268 g/mol. The van der Waals surface area contributed by atoms with Gasteiger partial charge in [-0.15, -0.1) is 0 Å². The molecule has 1 unspecified atom stereocenters. The number of carbonyl (C=O) groups is 2. The molecular formula is C16H24N2O3. The Balaban J connectivity index is 2.97. The Labute approximate surface area is 126 Å². The summed E-state index contributed by atoms with van der Waals surface area (Å²) in [4.78, 5) is 25.2. The van der Waals surface area contributed by atoms with E-state index in [0.29, 0.717) is 0 Å². The molecule has 0 heterocycles. The zero-order chi connectivity index (χ0) is 15.7. The summed E-state index contributed by atoms with van der Waals surface area (Å²) in [7, 11) is 0. The number of rotatable bonds is 9. The normalized spacial score (nSPS) is 12.1. The Bertz CT molecular complexity index is 442. The summed E-state index contributed by atoms with van der Waals surface area (Å²) in [5, 5.41) is 11.2. The standard InChI is InChI=1S/C16H24N2O3/c1-3-10-18(11-4-2)15(13-8-6-5-7-9-13)16(21)17-12-14(19)20/h5-9,15H,3-4,10-12H2,1-2H3,(H,17,21)(H,19,20). The quantitative estimate of drug-likeness (QED) is 0.731. The summed E-state index contributed by atoms with van der Waals surface area (Å²) >= 11 is 0. The van der Waals surface area contributed by atoms with Gasteiger partial charge in [-0.1, -0.05) is 44.2 Å². The van der Waals surface area contributed by atoms with Crippen molar-refractivity contribution in [1.29, 1.82) is 0 Å². The lowest BCUT2D eigenvalue weighted by Gasteiger charge is -2.30. The van der Waals surface area contributed by atoms with Crippen molar-refractivity contribution in [2.45, 2.75) is 32.7 Å². The van der Waals surface area contributed by atoms with E-state index in [-0.39, 0.29) is 12.5 Å². The highest BCUT2D eigenvalue weighted by Gasteiger charge is 2.26. The van der Waals surface area contributed by atoms with Crippen LogP contribution in [0.2, 0.25) is 0 Å². The second-order valence-electron chi connectivity index (χ2n) is 4.96. The summed E-state index contributed by atoms with van der Waals surface area (Å²) in [5.74, 6) is -1.29. The molecule has 116 valence electrons. The smallest absolute Gasteiger partial charge is 0.322 e. The van der Waals surface area contributed by atoms with E-state index in [1.165, 1.54) is 0 Å². The highest BCUT2D eigenvalue weighted by atomic mass is 16.4. The summed E-state index contributed by atoms with van der Waals surface area (Å²) < 4.78 is 0. The molecule has 0 radical (unpaired) electrons. The van der Waals surface area contributed by atoms with E-state index in [4.69, 9.17) is 5.11 Å². The van der Waals surface area contributed by atoms with Crippen molar-refractivity contribution < 1.29 is 14.7 Å². The molecule has 1 aromatic rings. The fourth-order valence-electron chi connectivity index (χ4n) is 2.37. The Morgan fingerprint density at radius 2 is 1.71 bits per heavy atom. The van der Waals surface area contributed by atoms with Gasteiger partial charge in [-0.3, -0.25) is 14.5 Å². The maximum Gasteiger partial charge on any atom is 0.322 e. The molecule has 1 amide bonds. The van der Waals surface area contributed by atoms with Crippen LogP contribution in [-0.4, -0.2) is 41.5 Å². The van der Waals surface area contributed by atoms with Crippen molar-refractivity contribution in [2.24, 2.45) is 0 Å². The molecule has 0 aliphatic rings. The fourth-order valence-corrected chi connectivity index (χ4v) is 2.37. The van der Waals surface area contributed by atoms with Crippen LogP contribution < -0.4 is 5.32 Å². The predicted octanol–water partition coefficient (Wildman–Crippen LogP) is 2.05. The minimum absolute atomic E-state index is 0.259. The number of carboxylic acids is 1. The third-order valence-corrected chi connectivity index (χ3v) is 3.16. The number of nitrogens with one attached hydrogen (secondary N) is 1. The van der Waals surface area contributed by atoms with Crippen LogP contribution in [0.25, 0.3) is 0 Å². The van der Waals surface area contributed by atoms with Crippen LogP contribution in [0.15, 0.2) is 30.3 Å². The van der Waals surface area contributed by atoms with Gasteiger partial charge in [0.15, 0.2) is 0 Å². The SMILES string of the molecule is CCCN(CCC)C(C(=O)NCC(=O)O)c1ccccc1. The zero-order valence-electron chi connectivity index (χ0n) is 12.7. The average Bonchev–Trinajstić information content (AvgIpc) is 2.47. The third kappa shape index (κ3) is 5.55. The maximum absolute atomic E-state index is 12.4. The van der Waals surface area contributed by atoms with Crippen molar-refractivity contribution in [2.75, 3.05) is 19.6 Å². The molecule has 0 aliphatic carbocycles. The molecule has 0 saturated carbocycles. The lowest BCUT2D eigenvalue weighted by atomic mass is 10.0. The van der Waals surface area contributed by atoms with Crippen LogP contribution in [0.1, 0.15) is 38.3 Å². The molecule has 5 heteroatoms. The van der Waals surface area contributed by atoms with Crippen LogP contribution in [0.4, 0.5) is 0 Å². The van der Waals surface area contributed by atoms with Gasteiger partial charge in [0.2, 0.25) is 5.91 Å². The highest BCUT2D eigenvalue weighted by Crippen LogP contribution is 2.21. The number of carboxylic acid groups (broad SMARTS) is 1. The number of hydrogen-bond acceptors (Lipinski definition) is 3. The molecule has 21 heavy (non-hydrogen) atoms. The fraction of sp³-hybridized carbons (Fsp3) is 0.500. The number of nitrogens with zero attached hydrogens (tertiary/aromatic N) is 1. The van der Waals surface area contributed by atoms with E-state index < -0.39 is 12.0 Å². The first-order valence-electron chi connectivity index (χ1n) is 7.38. The van der Waals surface area contributed by atoms with E-state index >= 15 is 0 Å². The van der Waals surface area contributed by atoms with Gasteiger partial charge in [0.1, 0.15) is 12.6 Å². The molecule has 0 spiro atoms. The number of benzene rings is 1. The maximum atomic E-state index is 12.4. The van der Waals surface area contributed by atoms with Crippen molar-refractivity contribution in [3.63, 3.8) is 0 Å². The number of amides is 1. The summed E-state index contributed by atoms with van der Waals surface area (Å²) in [6.07, 6.45) is 1.88. The van der Waals surface area contributed by atoms with Crippen molar-refractivity contribution in [1.82, 2.24) is 10.2 Å². The van der Waals surface area contributed by atoms with E-state index in [9.17, 15) is 9.59 Å². The monoisotopic (exact) mass is 292 g/mol. The predicted molar refractivity (Wildman–Crippen MR) is 82.0 cm³/mol. The van der Waals surface area contributed by atoms with E-state index in [2.05, 4.69) is 24.1 Å². The van der Waals surface area contributed by atoms with Gasteiger partial charge >= 0.3 is 5.97 Å². The van der Waals surface area contributed by atoms with Crippen molar-refractivity contribution in [3.8, 4) is 0 Å². The lowest BCUT2D eigenvalue weighted by molar-refractivity contribution is -0.139. The van der Waals surface area contributed by atoms with Gasteiger partial charge in [0.25, 0.3) is 0 Å². The first-order chi connectivity index (χ1) is 10.1. The molecule has 1 atom stereocenters. The number of aliphatic carboxylic acids is 1. The summed E-state index contributed by atoms with van der Waals surface area (Å²) in [5.41, 5.74) is 0.891. The molecule has 1 aromatic carbocycles. The zero-order valence-corrected chi connectivity index (χ0v) is 12.7. The molecule has 2 N–H and O–H groups in total. The molecule has 1 rings (SSSR count). The van der Waals surface area contributed by atoms with E-state index in [1.54, 1.807) is 0 Å². The summed E-state index contributed by atoms with van der Waals surface area (Å²) in [6.45, 7) is 5.38. The first-order valence-corrected chi connectivity index (χ1v) is 7.38. The Hall–Kier alpha value is -1.88. The van der Waals surface area contributed by atoms with Gasteiger partial charge in [-0.05, 0) is 31.5 Å².